The first-order valence-corrected chi connectivity index (χ1v) is 8.55. The van der Waals surface area contributed by atoms with E-state index in [9.17, 15) is 14.4 Å². The van der Waals surface area contributed by atoms with Crippen molar-refractivity contribution in [2.75, 3.05) is 6.61 Å². The fraction of sp³-hybridized carbons (Fsp3) is 0.500. The minimum absolute atomic E-state index is 0.00762. The molecular formula is C18H25ClN2O4. The van der Waals surface area contributed by atoms with E-state index in [1.54, 1.807) is 29.2 Å². The SMILES string of the molecule is CC(C)N(C(=O)COC(=O)[C@H](C)NC(=O)c1ccc(Cl)cc1)C(C)C. The maximum atomic E-state index is 12.2. The van der Waals surface area contributed by atoms with E-state index in [-0.39, 0.29) is 24.6 Å². The number of esters is 1. The highest BCUT2D eigenvalue weighted by atomic mass is 35.5. The molecule has 1 atom stereocenters. The summed E-state index contributed by atoms with van der Waals surface area (Å²) in [6, 6.07) is 5.43. The van der Waals surface area contributed by atoms with Gasteiger partial charge in [0.05, 0.1) is 0 Å². The van der Waals surface area contributed by atoms with E-state index in [0.29, 0.717) is 10.6 Å². The van der Waals surface area contributed by atoms with E-state index >= 15 is 0 Å². The summed E-state index contributed by atoms with van der Waals surface area (Å²) in [6.07, 6.45) is 0. The quantitative estimate of drug-likeness (QED) is 0.751. The Labute approximate surface area is 153 Å². The molecule has 7 heteroatoms. The molecule has 2 amide bonds. The fourth-order valence-corrected chi connectivity index (χ4v) is 2.57. The molecule has 25 heavy (non-hydrogen) atoms. The Hall–Kier alpha value is -2.08. The maximum Gasteiger partial charge on any atom is 0.328 e. The molecule has 0 aromatic heterocycles. The van der Waals surface area contributed by atoms with Crippen molar-refractivity contribution in [3.8, 4) is 0 Å². The van der Waals surface area contributed by atoms with Crippen LogP contribution < -0.4 is 5.32 Å². The number of ether oxygens (including phenoxy) is 1. The Kier molecular flexibility index (Phi) is 7.90. The number of hydrogen-bond donors (Lipinski definition) is 1. The smallest absolute Gasteiger partial charge is 0.328 e. The van der Waals surface area contributed by atoms with Crippen molar-refractivity contribution < 1.29 is 19.1 Å². The van der Waals surface area contributed by atoms with Gasteiger partial charge in [0.2, 0.25) is 0 Å². The van der Waals surface area contributed by atoms with E-state index in [1.807, 2.05) is 27.7 Å². The van der Waals surface area contributed by atoms with Crippen molar-refractivity contribution in [1.29, 1.82) is 0 Å². The Morgan fingerprint density at radius 3 is 2.04 bits per heavy atom. The van der Waals surface area contributed by atoms with Crippen molar-refractivity contribution in [3.63, 3.8) is 0 Å². The molecule has 0 aliphatic carbocycles. The van der Waals surface area contributed by atoms with Crippen LogP contribution in [0.25, 0.3) is 0 Å². The Balaban J connectivity index is 2.55. The van der Waals surface area contributed by atoms with Gasteiger partial charge in [-0.05, 0) is 58.9 Å². The zero-order valence-corrected chi connectivity index (χ0v) is 16.0. The van der Waals surface area contributed by atoms with Crippen molar-refractivity contribution in [1.82, 2.24) is 10.2 Å². The van der Waals surface area contributed by atoms with E-state index in [0.717, 1.165) is 0 Å². The maximum absolute atomic E-state index is 12.2. The van der Waals surface area contributed by atoms with Gasteiger partial charge in [-0.2, -0.15) is 0 Å². The van der Waals surface area contributed by atoms with E-state index in [1.165, 1.54) is 6.92 Å². The molecule has 0 saturated heterocycles. The second-order valence-electron chi connectivity index (χ2n) is 6.30. The fourth-order valence-electron chi connectivity index (χ4n) is 2.44. The number of rotatable bonds is 7. The first-order chi connectivity index (χ1) is 11.6. The number of carbonyl (C=O) groups is 3. The van der Waals surface area contributed by atoms with Crippen LogP contribution in [0.5, 0.6) is 0 Å². The van der Waals surface area contributed by atoms with Crippen molar-refractivity contribution in [3.05, 3.63) is 34.9 Å². The van der Waals surface area contributed by atoms with Crippen LogP contribution in [0.1, 0.15) is 45.0 Å². The third-order valence-electron chi connectivity index (χ3n) is 3.55. The van der Waals surface area contributed by atoms with Crippen LogP contribution in [0, 0.1) is 0 Å². The monoisotopic (exact) mass is 368 g/mol. The van der Waals surface area contributed by atoms with Crippen LogP contribution in [-0.2, 0) is 14.3 Å². The van der Waals surface area contributed by atoms with Crippen molar-refractivity contribution >= 4 is 29.4 Å². The summed E-state index contributed by atoms with van der Waals surface area (Å²) in [4.78, 5) is 37.9. The van der Waals surface area contributed by atoms with E-state index < -0.39 is 17.9 Å². The second kappa shape index (κ2) is 9.42. The molecule has 0 bridgehead atoms. The highest BCUT2D eigenvalue weighted by Crippen LogP contribution is 2.10. The van der Waals surface area contributed by atoms with Gasteiger partial charge >= 0.3 is 5.97 Å². The Bertz CT molecular complexity index is 606. The summed E-state index contributed by atoms with van der Waals surface area (Å²) in [5, 5.41) is 3.05. The average Bonchev–Trinajstić information content (AvgIpc) is 2.52. The van der Waals surface area contributed by atoms with Crippen LogP contribution in [0.2, 0.25) is 5.02 Å². The zero-order valence-electron chi connectivity index (χ0n) is 15.2. The first kappa shape index (κ1) is 21.0. The number of carbonyl (C=O) groups excluding carboxylic acids is 3. The molecule has 1 rings (SSSR count). The first-order valence-electron chi connectivity index (χ1n) is 8.17. The lowest BCUT2D eigenvalue weighted by molar-refractivity contribution is -0.154. The van der Waals surface area contributed by atoms with Crippen LogP contribution in [0.3, 0.4) is 0 Å². The van der Waals surface area contributed by atoms with Crippen LogP contribution in [0.15, 0.2) is 24.3 Å². The lowest BCUT2D eigenvalue weighted by Crippen LogP contribution is -2.45. The molecule has 6 nitrogen and oxygen atoms in total. The molecule has 0 aliphatic heterocycles. The molecular weight excluding hydrogens is 344 g/mol. The van der Waals surface area contributed by atoms with Gasteiger partial charge in [0, 0.05) is 22.7 Å². The van der Waals surface area contributed by atoms with Gasteiger partial charge < -0.3 is 15.0 Å². The predicted molar refractivity (Wildman–Crippen MR) is 96.5 cm³/mol. The molecule has 1 aromatic carbocycles. The van der Waals surface area contributed by atoms with Crippen LogP contribution in [0.4, 0.5) is 0 Å². The zero-order chi connectivity index (χ0) is 19.1. The molecule has 0 aliphatic rings. The van der Waals surface area contributed by atoms with E-state index in [2.05, 4.69) is 5.32 Å². The average molecular weight is 369 g/mol. The van der Waals surface area contributed by atoms with Crippen LogP contribution >= 0.6 is 11.6 Å². The number of nitrogens with zero attached hydrogens (tertiary/aromatic N) is 1. The van der Waals surface area contributed by atoms with Gasteiger partial charge in [0.1, 0.15) is 6.04 Å². The number of nitrogens with one attached hydrogen (secondary N) is 1. The van der Waals surface area contributed by atoms with Gasteiger partial charge in [-0.3, -0.25) is 9.59 Å². The highest BCUT2D eigenvalue weighted by Gasteiger charge is 2.23. The normalized spacial score (nSPS) is 12.0. The summed E-state index contributed by atoms with van der Waals surface area (Å²) in [7, 11) is 0. The van der Waals surface area contributed by atoms with Gasteiger partial charge in [0.25, 0.3) is 11.8 Å². The molecule has 138 valence electrons. The van der Waals surface area contributed by atoms with Gasteiger partial charge in [-0.1, -0.05) is 11.6 Å². The van der Waals surface area contributed by atoms with E-state index in [4.69, 9.17) is 16.3 Å². The molecule has 0 fully saturated rings. The largest absolute Gasteiger partial charge is 0.454 e. The third-order valence-corrected chi connectivity index (χ3v) is 3.80. The molecule has 0 radical (unpaired) electrons. The molecule has 0 spiro atoms. The third kappa shape index (κ3) is 6.38. The summed E-state index contributed by atoms with van der Waals surface area (Å²) < 4.78 is 5.04. The van der Waals surface area contributed by atoms with Gasteiger partial charge in [0.15, 0.2) is 6.61 Å². The molecule has 1 N–H and O–H groups in total. The minimum Gasteiger partial charge on any atom is -0.454 e. The van der Waals surface area contributed by atoms with Gasteiger partial charge in [-0.15, -0.1) is 0 Å². The molecule has 1 aromatic rings. The predicted octanol–water partition coefficient (Wildman–Crippen LogP) is 2.65. The number of hydrogen-bond acceptors (Lipinski definition) is 4. The molecule has 0 heterocycles. The Morgan fingerprint density at radius 1 is 1.04 bits per heavy atom. The summed E-state index contributed by atoms with van der Waals surface area (Å²) in [5.74, 6) is -1.35. The van der Waals surface area contributed by atoms with Crippen LogP contribution in [-0.4, -0.2) is 47.4 Å². The second-order valence-corrected chi connectivity index (χ2v) is 6.73. The summed E-state index contributed by atoms with van der Waals surface area (Å²) >= 11 is 5.77. The molecule has 0 saturated carbocycles. The summed E-state index contributed by atoms with van der Waals surface area (Å²) in [5.41, 5.74) is 0.380. The highest BCUT2D eigenvalue weighted by molar-refractivity contribution is 6.30. The number of halogens is 1. The minimum atomic E-state index is -0.873. The topological polar surface area (TPSA) is 75.7 Å². The lowest BCUT2D eigenvalue weighted by atomic mass is 10.2. The number of benzene rings is 1. The molecule has 0 unspecified atom stereocenters. The van der Waals surface area contributed by atoms with Crippen molar-refractivity contribution in [2.45, 2.75) is 52.7 Å². The van der Waals surface area contributed by atoms with Gasteiger partial charge in [-0.25, -0.2) is 4.79 Å². The Morgan fingerprint density at radius 2 is 1.56 bits per heavy atom. The summed E-state index contributed by atoms with van der Waals surface area (Å²) in [6.45, 7) is 8.74. The lowest BCUT2D eigenvalue weighted by Gasteiger charge is -2.30. The number of amides is 2. The van der Waals surface area contributed by atoms with Crippen molar-refractivity contribution in [2.24, 2.45) is 0 Å². The standard InChI is InChI=1S/C18H25ClN2O4/c1-11(2)21(12(3)4)16(22)10-25-18(24)13(5)20-17(23)14-6-8-15(19)9-7-14/h6-9,11-13H,10H2,1-5H3,(H,20,23)/t13-/m0/s1.